The molecule has 2 aromatic rings. The molecule has 0 aliphatic carbocycles. The van der Waals surface area contributed by atoms with Gasteiger partial charge in [-0.25, -0.2) is 0 Å². The topological polar surface area (TPSA) is 42.5 Å². The van der Waals surface area contributed by atoms with Crippen LogP contribution in [0, 0.1) is 0 Å². The second-order valence-electron chi connectivity index (χ2n) is 5.80. The molecule has 1 heterocycles. The van der Waals surface area contributed by atoms with Crippen molar-refractivity contribution in [3.05, 3.63) is 58.6 Å². The van der Waals surface area contributed by atoms with Gasteiger partial charge >= 0.3 is 0 Å². The molecule has 2 aromatic carbocycles. The highest BCUT2D eigenvalue weighted by atomic mass is 35.5. The zero-order chi connectivity index (χ0) is 17.5. The van der Waals surface area contributed by atoms with Crippen LogP contribution in [0.4, 0.5) is 0 Å². The van der Waals surface area contributed by atoms with Gasteiger partial charge < -0.3 is 20.1 Å². The molecular weight excluding hydrogens is 356 g/mol. The predicted molar refractivity (Wildman–Crippen MR) is 105 cm³/mol. The fraction of sp³-hybridized carbons (Fsp3) is 0.316. The van der Waals surface area contributed by atoms with E-state index in [0.717, 1.165) is 24.9 Å². The molecule has 0 saturated heterocycles. The van der Waals surface area contributed by atoms with Crippen LogP contribution in [0.2, 0.25) is 5.02 Å². The summed E-state index contributed by atoms with van der Waals surface area (Å²) < 4.78 is 11.3. The SMILES string of the molecule is S=C(NCCc1ccccc1)NCc1cc(Cl)c2c(c1)OCCCO2. The van der Waals surface area contributed by atoms with Crippen LogP contribution in [0.1, 0.15) is 17.5 Å². The highest BCUT2D eigenvalue weighted by molar-refractivity contribution is 7.80. The van der Waals surface area contributed by atoms with Crippen molar-refractivity contribution in [2.24, 2.45) is 0 Å². The minimum Gasteiger partial charge on any atom is -0.489 e. The Balaban J connectivity index is 1.48. The van der Waals surface area contributed by atoms with E-state index in [4.69, 9.17) is 33.3 Å². The molecule has 4 nitrogen and oxygen atoms in total. The minimum atomic E-state index is 0.569. The Morgan fingerprint density at radius 1 is 1.04 bits per heavy atom. The first-order chi connectivity index (χ1) is 12.2. The van der Waals surface area contributed by atoms with Gasteiger partial charge in [-0.2, -0.15) is 0 Å². The van der Waals surface area contributed by atoms with Gasteiger partial charge in [0.05, 0.1) is 18.2 Å². The van der Waals surface area contributed by atoms with Crippen LogP contribution in [0.3, 0.4) is 0 Å². The molecule has 0 saturated carbocycles. The molecule has 0 aromatic heterocycles. The van der Waals surface area contributed by atoms with Crippen LogP contribution in [-0.4, -0.2) is 24.9 Å². The molecular formula is C19H21ClN2O2S. The first-order valence-electron chi connectivity index (χ1n) is 8.36. The van der Waals surface area contributed by atoms with Crippen LogP contribution in [0.15, 0.2) is 42.5 Å². The fourth-order valence-electron chi connectivity index (χ4n) is 2.60. The molecule has 0 fully saturated rings. The zero-order valence-corrected chi connectivity index (χ0v) is 15.5. The van der Waals surface area contributed by atoms with Gasteiger partial charge in [-0.3, -0.25) is 0 Å². The maximum absolute atomic E-state index is 6.31. The van der Waals surface area contributed by atoms with E-state index in [-0.39, 0.29) is 0 Å². The summed E-state index contributed by atoms with van der Waals surface area (Å²) in [6, 6.07) is 14.2. The van der Waals surface area contributed by atoms with E-state index in [1.165, 1.54) is 5.56 Å². The summed E-state index contributed by atoms with van der Waals surface area (Å²) in [5.41, 5.74) is 2.29. The third kappa shape index (κ3) is 5.25. The third-order valence-corrected chi connectivity index (χ3v) is 4.43. The molecule has 0 spiro atoms. The maximum atomic E-state index is 6.31. The summed E-state index contributed by atoms with van der Waals surface area (Å²) >= 11 is 11.6. The van der Waals surface area contributed by atoms with Crippen molar-refractivity contribution in [2.45, 2.75) is 19.4 Å². The van der Waals surface area contributed by atoms with Crippen LogP contribution < -0.4 is 20.1 Å². The van der Waals surface area contributed by atoms with E-state index in [1.54, 1.807) is 0 Å². The predicted octanol–water partition coefficient (Wildman–Crippen LogP) is 3.71. The van der Waals surface area contributed by atoms with Crippen molar-refractivity contribution in [1.82, 2.24) is 10.6 Å². The molecule has 0 atom stereocenters. The molecule has 2 N–H and O–H groups in total. The second-order valence-corrected chi connectivity index (χ2v) is 6.62. The lowest BCUT2D eigenvalue weighted by atomic mass is 10.1. The third-order valence-electron chi connectivity index (χ3n) is 3.86. The lowest BCUT2D eigenvalue weighted by molar-refractivity contribution is 0.297. The van der Waals surface area contributed by atoms with E-state index >= 15 is 0 Å². The molecule has 1 aliphatic rings. The maximum Gasteiger partial charge on any atom is 0.179 e. The fourth-order valence-corrected chi connectivity index (χ4v) is 3.06. The van der Waals surface area contributed by atoms with Crippen LogP contribution >= 0.6 is 23.8 Å². The number of hydrogen-bond acceptors (Lipinski definition) is 3. The highest BCUT2D eigenvalue weighted by Crippen LogP contribution is 2.37. The summed E-state index contributed by atoms with van der Waals surface area (Å²) in [5, 5.41) is 7.61. The Hall–Kier alpha value is -1.98. The molecule has 0 unspecified atom stereocenters. The molecule has 0 bridgehead atoms. The second kappa shape index (κ2) is 8.92. The van der Waals surface area contributed by atoms with Crippen LogP contribution in [-0.2, 0) is 13.0 Å². The molecule has 6 heteroatoms. The number of hydrogen-bond donors (Lipinski definition) is 2. The summed E-state index contributed by atoms with van der Waals surface area (Å²) in [7, 11) is 0. The summed E-state index contributed by atoms with van der Waals surface area (Å²) in [6.45, 7) is 2.63. The van der Waals surface area contributed by atoms with E-state index in [9.17, 15) is 0 Å². The van der Waals surface area contributed by atoms with Gasteiger partial charge in [0.2, 0.25) is 0 Å². The van der Waals surface area contributed by atoms with Gasteiger partial charge in [0.1, 0.15) is 0 Å². The highest BCUT2D eigenvalue weighted by Gasteiger charge is 2.15. The van der Waals surface area contributed by atoms with Gasteiger partial charge in [0, 0.05) is 19.5 Å². The first-order valence-corrected chi connectivity index (χ1v) is 9.14. The van der Waals surface area contributed by atoms with Crippen molar-refractivity contribution >= 4 is 28.9 Å². The average molecular weight is 377 g/mol. The summed E-state index contributed by atoms with van der Waals surface area (Å²) in [4.78, 5) is 0. The Morgan fingerprint density at radius 3 is 2.68 bits per heavy atom. The van der Waals surface area contributed by atoms with Crippen molar-refractivity contribution < 1.29 is 9.47 Å². The smallest absolute Gasteiger partial charge is 0.179 e. The van der Waals surface area contributed by atoms with Gasteiger partial charge in [-0.15, -0.1) is 0 Å². The molecule has 1 aliphatic heterocycles. The normalized spacial score (nSPS) is 13.0. The van der Waals surface area contributed by atoms with Crippen molar-refractivity contribution in [3.8, 4) is 11.5 Å². The number of nitrogens with one attached hydrogen (secondary N) is 2. The van der Waals surface area contributed by atoms with Gasteiger partial charge in [0.15, 0.2) is 16.6 Å². The van der Waals surface area contributed by atoms with Crippen molar-refractivity contribution in [2.75, 3.05) is 19.8 Å². The zero-order valence-electron chi connectivity index (χ0n) is 13.9. The standard InChI is InChI=1S/C19H21ClN2O2S/c20-16-11-15(12-17-18(16)24-10-4-9-23-17)13-22-19(25)21-8-7-14-5-2-1-3-6-14/h1-3,5-6,11-12H,4,7-10,13H2,(H2,21,22,25). The van der Waals surface area contributed by atoms with Gasteiger partial charge in [0.25, 0.3) is 0 Å². The number of thiocarbonyl (C=S) groups is 1. The summed E-state index contributed by atoms with van der Waals surface area (Å²) in [5.74, 6) is 1.33. The number of ether oxygens (including phenoxy) is 2. The quantitative estimate of drug-likeness (QED) is 0.779. The van der Waals surface area contributed by atoms with Gasteiger partial charge in [-0.1, -0.05) is 41.9 Å². The molecule has 3 rings (SSSR count). The van der Waals surface area contributed by atoms with E-state index in [0.29, 0.717) is 41.4 Å². The van der Waals surface area contributed by atoms with E-state index < -0.39 is 0 Å². The largest absolute Gasteiger partial charge is 0.489 e. The number of rotatable bonds is 5. The number of fused-ring (bicyclic) bond motifs is 1. The monoisotopic (exact) mass is 376 g/mol. The Morgan fingerprint density at radius 2 is 1.84 bits per heavy atom. The molecule has 25 heavy (non-hydrogen) atoms. The Labute approximate surface area is 158 Å². The minimum absolute atomic E-state index is 0.569. The lowest BCUT2D eigenvalue weighted by Crippen LogP contribution is -2.35. The Bertz CT molecular complexity index is 725. The van der Waals surface area contributed by atoms with Crippen molar-refractivity contribution in [1.29, 1.82) is 0 Å². The molecule has 0 amide bonds. The van der Waals surface area contributed by atoms with E-state index in [2.05, 4.69) is 22.8 Å². The number of halogens is 1. The van der Waals surface area contributed by atoms with Crippen LogP contribution in [0.5, 0.6) is 11.5 Å². The van der Waals surface area contributed by atoms with Crippen molar-refractivity contribution in [3.63, 3.8) is 0 Å². The van der Waals surface area contributed by atoms with Crippen LogP contribution in [0.25, 0.3) is 0 Å². The van der Waals surface area contributed by atoms with E-state index in [1.807, 2.05) is 30.3 Å². The lowest BCUT2D eigenvalue weighted by Gasteiger charge is -2.14. The average Bonchev–Trinajstić information content (AvgIpc) is 2.87. The summed E-state index contributed by atoms with van der Waals surface area (Å²) in [6.07, 6.45) is 1.78. The molecule has 0 radical (unpaired) electrons. The Kier molecular flexibility index (Phi) is 6.36. The van der Waals surface area contributed by atoms with Gasteiger partial charge in [-0.05, 0) is 41.9 Å². The number of benzene rings is 2. The first kappa shape index (κ1) is 17.8. The molecule has 132 valence electrons.